The number of amides is 1. The normalized spacial score (nSPS) is 17.7. The number of alkyl halides is 5. The largest absolute Gasteiger partial charge is 0.453 e. The van der Waals surface area contributed by atoms with Crippen molar-refractivity contribution in [2.24, 2.45) is 0 Å². The molecule has 0 saturated heterocycles. The Morgan fingerprint density at radius 2 is 1.87 bits per heavy atom. The van der Waals surface area contributed by atoms with Gasteiger partial charge in [-0.3, -0.25) is 4.79 Å². The van der Waals surface area contributed by atoms with E-state index < -0.39 is 42.1 Å². The lowest BCUT2D eigenvalue weighted by atomic mass is 9.84. The fraction of sp³-hybridized carbons (Fsp3) is 0.409. The minimum absolute atomic E-state index is 0.0126. The van der Waals surface area contributed by atoms with E-state index >= 15 is 0 Å². The summed E-state index contributed by atoms with van der Waals surface area (Å²) >= 11 is 0. The Labute approximate surface area is 215 Å². The maximum atomic E-state index is 13.6. The molecule has 12 nitrogen and oxygen atoms in total. The van der Waals surface area contributed by atoms with Crippen molar-refractivity contribution in [1.29, 1.82) is 0 Å². The predicted octanol–water partition coefficient (Wildman–Crippen LogP) is 3.05. The first-order chi connectivity index (χ1) is 18.1. The van der Waals surface area contributed by atoms with E-state index in [1.165, 1.54) is 25.3 Å². The molecule has 1 unspecified atom stereocenters. The number of hydrogen-bond acceptors (Lipinski definition) is 9. The molecule has 206 valence electrons. The summed E-state index contributed by atoms with van der Waals surface area (Å²) < 4.78 is 72.4. The zero-order chi connectivity index (χ0) is 28.5. The second-order valence-electron chi connectivity index (χ2n) is 9.35. The van der Waals surface area contributed by atoms with Gasteiger partial charge < -0.3 is 15.5 Å². The second-order valence-corrected chi connectivity index (χ2v) is 9.35. The van der Waals surface area contributed by atoms with Gasteiger partial charge in [0.25, 0.3) is 0 Å². The van der Waals surface area contributed by atoms with E-state index in [1.54, 1.807) is 13.8 Å². The SMILES string of the molecule is CC(C)n1nc(C2(C)C(=O)Nc3nc(-c4nn(CCC(F)(F)C(F)(F)F)c5ncccc45)nc(N)c32)oc1=O. The number of aryl methyl sites for hydroxylation is 1. The smallest absolute Gasteiger partial charge is 0.391 e. The maximum Gasteiger partial charge on any atom is 0.453 e. The summed E-state index contributed by atoms with van der Waals surface area (Å²) in [5, 5.41) is 11.1. The van der Waals surface area contributed by atoms with Gasteiger partial charge in [0, 0.05) is 19.2 Å². The summed E-state index contributed by atoms with van der Waals surface area (Å²) in [5.74, 6) is -7.00. The molecule has 5 heterocycles. The number of nitrogen functional groups attached to an aromatic ring is 1. The highest BCUT2D eigenvalue weighted by Crippen LogP contribution is 2.44. The molecular formula is C22H20F5N9O3. The lowest BCUT2D eigenvalue weighted by Crippen LogP contribution is -2.37. The topological polar surface area (TPSA) is 160 Å². The van der Waals surface area contributed by atoms with E-state index in [2.05, 4.69) is 30.5 Å². The quantitative estimate of drug-likeness (QED) is 0.342. The lowest BCUT2D eigenvalue weighted by Gasteiger charge is -2.19. The molecule has 3 N–H and O–H groups in total. The first kappa shape index (κ1) is 26.2. The van der Waals surface area contributed by atoms with Crippen LogP contribution in [0.2, 0.25) is 0 Å². The molecule has 17 heteroatoms. The fourth-order valence-electron chi connectivity index (χ4n) is 4.25. The highest BCUT2D eigenvalue weighted by atomic mass is 19.4. The van der Waals surface area contributed by atoms with Crippen LogP contribution in [-0.2, 0) is 16.8 Å². The number of anilines is 2. The van der Waals surface area contributed by atoms with Crippen molar-refractivity contribution >= 4 is 28.6 Å². The molecule has 4 aromatic rings. The van der Waals surface area contributed by atoms with Gasteiger partial charge in [-0.2, -0.15) is 31.7 Å². The van der Waals surface area contributed by atoms with Gasteiger partial charge >= 0.3 is 17.9 Å². The minimum Gasteiger partial charge on any atom is -0.391 e. The van der Waals surface area contributed by atoms with Crippen LogP contribution in [0.25, 0.3) is 22.6 Å². The number of pyridine rings is 1. The summed E-state index contributed by atoms with van der Waals surface area (Å²) in [5.41, 5.74) is 4.66. The van der Waals surface area contributed by atoms with Crippen molar-refractivity contribution in [3.8, 4) is 11.5 Å². The Morgan fingerprint density at radius 3 is 2.51 bits per heavy atom. The number of halogens is 5. The third-order valence-electron chi connectivity index (χ3n) is 6.38. The first-order valence-electron chi connectivity index (χ1n) is 11.5. The van der Waals surface area contributed by atoms with Crippen molar-refractivity contribution < 1.29 is 31.2 Å². The molecule has 0 fully saturated rings. The zero-order valence-electron chi connectivity index (χ0n) is 20.5. The third-order valence-corrected chi connectivity index (χ3v) is 6.38. The number of fused-ring (bicyclic) bond motifs is 2. The lowest BCUT2D eigenvalue weighted by molar-refractivity contribution is -0.285. The maximum absolute atomic E-state index is 13.6. The van der Waals surface area contributed by atoms with Crippen molar-refractivity contribution in [1.82, 2.24) is 34.5 Å². The number of rotatable bonds is 6. The highest BCUT2D eigenvalue weighted by molar-refractivity contribution is 6.08. The van der Waals surface area contributed by atoms with Crippen molar-refractivity contribution in [3.05, 3.63) is 40.3 Å². The Kier molecular flexibility index (Phi) is 5.73. The zero-order valence-corrected chi connectivity index (χ0v) is 20.5. The van der Waals surface area contributed by atoms with Crippen LogP contribution in [0.3, 0.4) is 0 Å². The van der Waals surface area contributed by atoms with E-state index in [0.29, 0.717) is 0 Å². The van der Waals surface area contributed by atoms with E-state index in [0.717, 1.165) is 9.36 Å². The van der Waals surface area contributed by atoms with Crippen LogP contribution in [0.1, 0.15) is 44.7 Å². The summed E-state index contributed by atoms with van der Waals surface area (Å²) in [4.78, 5) is 37.9. The van der Waals surface area contributed by atoms with Crippen LogP contribution in [0.4, 0.5) is 33.6 Å². The van der Waals surface area contributed by atoms with Gasteiger partial charge in [-0.15, -0.1) is 5.10 Å². The van der Waals surface area contributed by atoms with Gasteiger partial charge in [-0.25, -0.2) is 24.4 Å². The Hall–Kier alpha value is -4.44. The van der Waals surface area contributed by atoms with E-state index in [1.807, 2.05) is 0 Å². The van der Waals surface area contributed by atoms with Gasteiger partial charge in [-0.05, 0) is 32.9 Å². The molecule has 1 aliphatic heterocycles. The number of nitrogens with two attached hydrogens (primary N) is 1. The number of carbonyl (C=O) groups excluding carboxylic acids is 1. The van der Waals surface area contributed by atoms with Crippen LogP contribution in [-0.4, -0.2) is 52.5 Å². The van der Waals surface area contributed by atoms with Gasteiger partial charge in [-0.1, -0.05) is 0 Å². The van der Waals surface area contributed by atoms with Crippen LogP contribution in [0.15, 0.2) is 27.5 Å². The molecule has 0 spiro atoms. The standard InChI is InChI=1S/C22H20F5N9O3/c1-9(2)36-19(38)39-18(34-36)20(3)11-13(28)30-15(31-14(11)32-17(20)37)12-10-5-4-7-29-16(10)35(33-12)8-6-21(23,24)22(25,26)27/h4-5,7,9H,6,8H2,1-3H3,(H3,28,30,31,32,37). The minimum atomic E-state index is -5.72. The number of nitrogens with zero attached hydrogens (tertiary/aromatic N) is 7. The van der Waals surface area contributed by atoms with E-state index in [9.17, 15) is 31.5 Å². The van der Waals surface area contributed by atoms with Crippen molar-refractivity contribution in [2.75, 3.05) is 11.1 Å². The summed E-state index contributed by atoms with van der Waals surface area (Å²) in [6.07, 6.45) is -5.97. The molecule has 39 heavy (non-hydrogen) atoms. The third kappa shape index (κ3) is 3.99. The number of carbonyl (C=O) groups is 1. The number of nitrogens with one attached hydrogen (secondary N) is 1. The van der Waals surface area contributed by atoms with Crippen LogP contribution < -0.4 is 16.8 Å². The van der Waals surface area contributed by atoms with Crippen molar-refractivity contribution in [2.45, 2.75) is 57.3 Å². The molecule has 0 saturated carbocycles. The van der Waals surface area contributed by atoms with Gasteiger partial charge in [0.05, 0.1) is 17.0 Å². The summed E-state index contributed by atoms with van der Waals surface area (Å²) in [6, 6.07) is 2.66. The molecule has 1 atom stereocenters. The first-order valence-corrected chi connectivity index (χ1v) is 11.5. The number of hydrogen-bond donors (Lipinski definition) is 2. The Bertz CT molecular complexity index is 1670. The Balaban J connectivity index is 1.59. The molecule has 5 rings (SSSR count). The van der Waals surface area contributed by atoms with Gasteiger partial charge in [0.1, 0.15) is 17.3 Å². The fourth-order valence-corrected chi connectivity index (χ4v) is 4.25. The predicted molar refractivity (Wildman–Crippen MR) is 125 cm³/mol. The molecule has 4 aromatic heterocycles. The van der Waals surface area contributed by atoms with Crippen LogP contribution in [0.5, 0.6) is 0 Å². The molecule has 1 amide bonds. The number of aromatic nitrogens is 7. The van der Waals surface area contributed by atoms with Gasteiger partial charge in [0.2, 0.25) is 11.8 Å². The summed E-state index contributed by atoms with van der Waals surface area (Å²) in [6.45, 7) is 4.02. The molecule has 0 radical (unpaired) electrons. The second kappa shape index (κ2) is 8.54. The monoisotopic (exact) mass is 553 g/mol. The summed E-state index contributed by atoms with van der Waals surface area (Å²) in [7, 11) is 0. The highest BCUT2D eigenvalue weighted by Gasteiger charge is 2.57. The molecule has 0 aromatic carbocycles. The molecular weight excluding hydrogens is 533 g/mol. The molecule has 1 aliphatic rings. The molecule has 0 aliphatic carbocycles. The van der Waals surface area contributed by atoms with Crippen LogP contribution in [0, 0.1) is 0 Å². The molecule has 0 bridgehead atoms. The van der Waals surface area contributed by atoms with Gasteiger partial charge in [0.15, 0.2) is 16.9 Å². The average molecular weight is 553 g/mol. The Morgan fingerprint density at radius 1 is 1.15 bits per heavy atom. The van der Waals surface area contributed by atoms with Crippen LogP contribution >= 0.6 is 0 Å². The average Bonchev–Trinajstić information content (AvgIpc) is 3.49. The van der Waals surface area contributed by atoms with E-state index in [-0.39, 0.29) is 51.7 Å². The van der Waals surface area contributed by atoms with E-state index in [4.69, 9.17) is 10.2 Å². The van der Waals surface area contributed by atoms with Crippen molar-refractivity contribution in [3.63, 3.8) is 0 Å².